The molecule has 1 saturated heterocycles. The Morgan fingerprint density at radius 3 is 2.80 bits per heavy atom. The molecule has 1 aromatic rings. The number of nitrogens with two attached hydrogens (primary N) is 1. The molecule has 1 aromatic heterocycles. The van der Waals surface area contributed by atoms with E-state index in [0.717, 1.165) is 32.7 Å². The monoisotopic (exact) mass is 225 g/mol. The van der Waals surface area contributed by atoms with Crippen LogP contribution in [0.5, 0.6) is 0 Å². The van der Waals surface area contributed by atoms with Crippen LogP contribution in [0.15, 0.2) is 12.1 Å². The van der Waals surface area contributed by atoms with Gasteiger partial charge >= 0.3 is 0 Å². The normalized spacial score (nSPS) is 17.9. The number of hydrogen-bond acceptors (Lipinski definition) is 4. The Hall–Kier alpha value is -0.910. The molecular formula is C10H15N3OS. The molecule has 1 aliphatic rings. The van der Waals surface area contributed by atoms with Crippen LogP contribution in [0.3, 0.4) is 0 Å². The van der Waals surface area contributed by atoms with E-state index in [0.29, 0.717) is 4.88 Å². The number of nitrogens with one attached hydrogen (secondary N) is 1. The fraction of sp³-hybridized carbons (Fsp3) is 0.500. The number of amides is 1. The second-order valence-electron chi connectivity index (χ2n) is 3.66. The van der Waals surface area contributed by atoms with Crippen molar-refractivity contribution >= 4 is 17.2 Å². The molecule has 0 saturated carbocycles. The van der Waals surface area contributed by atoms with E-state index < -0.39 is 0 Å². The van der Waals surface area contributed by atoms with Crippen molar-refractivity contribution in [2.24, 2.45) is 5.73 Å². The Bertz CT molecular complexity index is 344. The van der Waals surface area contributed by atoms with Crippen LogP contribution < -0.4 is 11.1 Å². The highest BCUT2D eigenvalue weighted by Gasteiger charge is 2.12. The van der Waals surface area contributed by atoms with Crippen LogP contribution in [0.25, 0.3) is 0 Å². The Kier molecular flexibility index (Phi) is 3.35. The molecule has 0 atom stereocenters. The molecular weight excluding hydrogens is 210 g/mol. The number of rotatable bonds is 3. The highest BCUT2D eigenvalue weighted by molar-refractivity contribution is 7.14. The lowest BCUT2D eigenvalue weighted by Crippen LogP contribution is -2.42. The first kappa shape index (κ1) is 10.6. The van der Waals surface area contributed by atoms with E-state index >= 15 is 0 Å². The van der Waals surface area contributed by atoms with Gasteiger partial charge in [0.2, 0.25) is 0 Å². The second-order valence-corrected chi connectivity index (χ2v) is 4.82. The van der Waals surface area contributed by atoms with E-state index in [1.807, 2.05) is 12.1 Å². The first-order chi connectivity index (χ1) is 7.25. The minimum atomic E-state index is -0.327. The Morgan fingerprint density at radius 1 is 1.47 bits per heavy atom. The van der Waals surface area contributed by atoms with Crippen LogP contribution in [-0.4, -0.2) is 37.0 Å². The largest absolute Gasteiger partial charge is 0.365 e. The van der Waals surface area contributed by atoms with Crippen molar-refractivity contribution in [3.63, 3.8) is 0 Å². The standard InChI is InChI=1S/C10H15N3OS/c11-10(14)9-2-1-8(15-9)7-13-5-3-12-4-6-13/h1-2,12H,3-7H2,(H2,11,14). The summed E-state index contributed by atoms with van der Waals surface area (Å²) in [6, 6.07) is 3.80. The average molecular weight is 225 g/mol. The minimum Gasteiger partial charge on any atom is -0.365 e. The van der Waals surface area contributed by atoms with Gasteiger partial charge in [0.05, 0.1) is 4.88 Å². The summed E-state index contributed by atoms with van der Waals surface area (Å²) in [4.78, 5) is 15.2. The minimum absolute atomic E-state index is 0.327. The van der Waals surface area contributed by atoms with Crippen LogP contribution in [0.2, 0.25) is 0 Å². The maximum atomic E-state index is 10.9. The molecule has 3 N–H and O–H groups in total. The number of piperazine rings is 1. The molecule has 1 aliphatic heterocycles. The van der Waals surface area contributed by atoms with Gasteiger partial charge in [-0.3, -0.25) is 9.69 Å². The Morgan fingerprint density at radius 2 is 2.20 bits per heavy atom. The molecule has 0 aromatic carbocycles. The van der Waals surface area contributed by atoms with Gasteiger partial charge in [-0.05, 0) is 12.1 Å². The predicted octanol–water partition coefficient (Wildman–Crippen LogP) is 0.252. The van der Waals surface area contributed by atoms with E-state index in [1.54, 1.807) is 0 Å². The lowest BCUT2D eigenvalue weighted by molar-refractivity contribution is 0.100. The van der Waals surface area contributed by atoms with Crippen LogP contribution in [0.4, 0.5) is 0 Å². The predicted molar refractivity (Wildman–Crippen MR) is 61.0 cm³/mol. The van der Waals surface area contributed by atoms with Crippen LogP contribution in [-0.2, 0) is 6.54 Å². The smallest absolute Gasteiger partial charge is 0.258 e. The van der Waals surface area contributed by atoms with Crippen molar-refractivity contribution in [3.8, 4) is 0 Å². The summed E-state index contributed by atoms with van der Waals surface area (Å²) in [6.45, 7) is 5.18. The third-order valence-electron chi connectivity index (χ3n) is 2.49. The Labute approximate surface area is 93.1 Å². The van der Waals surface area contributed by atoms with E-state index in [4.69, 9.17) is 5.73 Å². The van der Waals surface area contributed by atoms with Crippen LogP contribution in [0.1, 0.15) is 14.5 Å². The SMILES string of the molecule is NC(=O)c1ccc(CN2CCNCC2)s1. The van der Waals surface area contributed by atoms with Crippen molar-refractivity contribution in [2.45, 2.75) is 6.54 Å². The topological polar surface area (TPSA) is 58.4 Å². The van der Waals surface area contributed by atoms with Gasteiger partial charge < -0.3 is 11.1 Å². The zero-order valence-electron chi connectivity index (χ0n) is 8.53. The number of primary amides is 1. The van der Waals surface area contributed by atoms with Crippen LogP contribution >= 0.6 is 11.3 Å². The molecule has 1 fully saturated rings. The summed E-state index contributed by atoms with van der Waals surface area (Å²) < 4.78 is 0. The lowest BCUT2D eigenvalue weighted by atomic mass is 10.3. The zero-order valence-corrected chi connectivity index (χ0v) is 9.35. The van der Waals surface area contributed by atoms with Crippen molar-refractivity contribution in [1.29, 1.82) is 0 Å². The van der Waals surface area contributed by atoms with Crippen molar-refractivity contribution in [3.05, 3.63) is 21.9 Å². The molecule has 0 aliphatic carbocycles. The molecule has 2 heterocycles. The molecule has 1 amide bonds. The summed E-state index contributed by atoms with van der Waals surface area (Å²) in [7, 11) is 0. The van der Waals surface area contributed by atoms with Crippen LogP contribution in [0, 0.1) is 0 Å². The third-order valence-corrected chi connectivity index (χ3v) is 3.58. The number of nitrogens with zero attached hydrogens (tertiary/aromatic N) is 1. The van der Waals surface area contributed by atoms with Gasteiger partial charge in [-0.1, -0.05) is 0 Å². The lowest BCUT2D eigenvalue weighted by Gasteiger charge is -2.26. The molecule has 5 heteroatoms. The first-order valence-electron chi connectivity index (χ1n) is 5.07. The van der Waals surface area contributed by atoms with Gasteiger partial charge in [-0.2, -0.15) is 0 Å². The highest BCUT2D eigenvalue weighted by atomic mass is 32.1. The summed E-state index contributed by atoms with van der Waals surface area (Å²) >= 11 is 1.50. The van der Waals surface area contributed by atoms with Gasteiger partial charge in [0.1, 0.15) is 0 Å². The van der Waals surface area contributed by atoms with Gasteiger partial charge in [0.25, 0.3) is 5.91 Å². The summed E-state index contributed by atoms with van der Waals surface area (Å²) in [5, 5.41) is 3.31. The zero-order chi connectivity index (χ0) is 10.7. The van der Waals surface area contributed by atoms with Crippen molar-refractivity contribution in [2.75, 3.05) is 26.2 Å². The van der Waals surface area contributed by atoms with E-state index in [1.165, 1.54) is 16.2 Å². The number of carbonyl (C=O) groups is 1. The number of hydrogen-bond donors (Lipinski definition) is 2. The number of thiophene rings is 1. The number of carbonyl (C=O) groups excluding carboxylic acids is 1. The summed E-state index contributed by atoms with van der Waals surface area (Å²) in [5.41, 5.74) is 5.21. The van der Waals surface area contributed by atoms with Gasteiger partial charge in [0.15, 0.2) is 0 Å². The highest BCUT2D eigenvalue weighted by Crippen LogP contribution is 2.17. The van der Waals surface area contributed by atoms with E-state index in [-0.39, 0.29) is 5.91 Å². The summed E-state index contributed by atoms with van der Waals surface area (Å²) in [6.07, 6.45) is 0. The van der Waals surface area contributed by atoms with Gasteiger partial charge in [-0.25, -0.2) is 0 Å². The molecule has 2 rings (SSSR count). The molecule has 0 spiro atoms. The van der Waals surface area contributed by atoms with Gasteiger partial charge in [0, 0.05) is 37.6 Å². The van der Waals surface area contributed by atoms with E-state index in [2.05, 4.69) is 10.2 Å². The maximum absolute atomic E-state index is 10.9. The van der Waals surface area contributed by atoms with Gasteiger partial charge in [-0.15, -0.1) is 11.3 Å². The maximum Gasteiger partial charge on any atom is 0.258 e. The second kappa shape index (κ2) is 4.74. The fourth-order valence-corrected chi connectivity index (χ4v) is 2.59. The first-order valence-corrected chi connectivity index (χ1v) is 5.89. The molecule has 82 valence electrons. The van der Waals surface area contributed by atoms with Crippen molar-refractivity contribution < 1.29 is 4.79 Å². The molecule has 0 unspecified atom stereocenters. The summed E-state index contributed by atoms with van der Waals surface area (Å²) in [5.74, 6) is -0.327. The average Bonchev–Trinajstić information content (AvgIpc) is 2.68. The fourth-order valence-electron chi connectivity index (χ4n) is 1.68. The molecule has 4 nitrogen and oxygen atoms in total. The molecule has 0 radical (unpaired) electrons. The molecule has 15 heavy (non-hydrogen) atoms. The third kappa shape index (κ3) is 2.77. The Balaban J connectivity index is 1.94. The molecule has 0 bridgehead atoms. The van der Waals surface area contributed by atoms with Crippen molar-refractivity contribution in [1.82, 2.24) is 10.2 Å². The quantitative estimate of drug-likeness (QED) is 0.775. The van der Waals surface area contributed by atoms with E-state index in [9.17, 15) is 4.79 Å².